The SMILES string of the molecule is COCCOCCOCCOC1CCC(C(=O)O)CC1. The largest absolute Gasteiger partial charge is 0.481 e. The second kappa shape index (κ2) is 11.0. The summed E-state index contributed by atoms with van der Waals surface area (Å²) in [4.78, 5) is 10.8. The van der Waals surface area contributed by atoms with Crippen LogP contribution in [0.15, 0.2) is 0 Å². The van der Waals surface area contributed by atoms with E-state index < -0.39 is 5.97 Å². The van der Waals surface area contributed by atoms with Crippen molar-refractivity contribution >= 4 is 5.97 Å². The van der Waals surface area contributed by atoms with Crippen LogP contribution in [0.2, 0.25) is 0 Å². The Kier molecular flexibility index (Phi) is 9.57. The first-order valence-electron chi connectivity index (χ1n) is 7.23. The molecular formula is C14H26O6. The summed E-state index contributed by atoms with van der Waals surface area (Å²) in [5.41, 5.74) is 0. The van der Waals surface area contributed by atoms with Gasteiger partial charge in [0.25, 0.3) is 0 Å². The molecule has 0 amide bonds. The Morgan fingerprint density at radius 3 is 2.05 bits per heavy atom. The molecule has 0 atom stereocenters. The molecule has 1 N–H and O–H groups in total. The maximum Gasteiger partial charge on any atom is 0.306 e. The third-order valence-corrected chi connectivity index (χ3v) is 3.41. The number of ether oxygens (including phenoxy) is 4. The van der Waals surface area contributed by atoms with Crippen LogP contribution in [0.1, 0.15) is 25.7 Å². The molecule has 1 fully saturated rings. The molecule has 0 spiro atoms. The minimum atomic E-state index is -0.680. The molecule has 1 aliphatic carbocycles. The number of carboxylic acids is 1. The first-order valence-corrected chi connectivity index (χ1v) is 7.23. The van der Waals surface area contributed by atoms with Gasteiger partial charge in [0.05, 0.1) is 51.7 Å². The number of carbonyl (C=O) groups is 1. The van der Waals surface area contributed by atoms with E-state index in [1.54, 1.807) is 7.11 Å². The van der Waals surface area contributed by atoms with Gasteiger partial charge in [0.1, 0.15) is 0 Å². The summed E-state index contributed by atoms with van der Waals surface area (Å²) < 4.78 is 21.2. The fourth-order valence-corrected chi connectivity index (χ4v) is 2.21. The van der Waals surface area contributed by atoms with E-state index in [2.05, 4.69) is 0 Å². The zero-order valence-corrected chi connectivity index (χ0v) is 12.2. The summed E-state index contributed by atoms with van der Waals surface area (Å²) in [6, 6.07) is 0. The molecule has 20 heavy (non-hydrogen) atoms. The maximum absolute atomic E-state index is 10.8. The van der Waals surface area contributed by atoms with Crippen LogP contribution >= 0.6 is 0 Å². The standard InChI is InChI=1S/C14H26O6/c1-17-6-7-18-8-9-19-10-11-20-13-4-2-12(3-5-13)14(15)16/h12-13H,2-11H2,1H3,(H,15,16). The zero-order chi connectivity index (χ0) is 14.6. The van der Waals surface area contributed by atoms with Crippen molar-refractivity contribution in [3.8, 4) is 0 Å². The molecule has 1 rings (SSSR count). The highest BCUT2D eigenvalue weighted by Gasteiger charge is 2.25. The molecule has 0 radical (unpaired) electrons. The highest BCUT2D eigenvalue weighted by molar-refractivity contribution is 5.70. The summed E-state index contributed by atoms with van der Waals surface area (Å²) in [5, 5.41) is 8.89. The van der Waals surface area contributed by atoms with Gasteiger partial charge in [0.15, 0.2) is 0 Å². The first kappa shape index (κ1) is 17.4. The number of aliphatic carboxylic acids is 1. The van der Waals surface area contributed by atoms with Gasteiger partial charge >= 0.3 is 5.97 Å². The Morgan fingerprint density at radius 2 is 1.50 bits per heavy atom. The maximum atomic E-state index is 10.8. The number of methoxy groups -OCH3 is 1. The van der Waals surface area contributed by atoms with Gasteiger partial charge in [0, 0.05) is 7.11 Å². The Morgan fingerprint density at radius 1 is 0.950 bits per heavy atom. The number of hydrogen-bond acceptors (Lipinski definition) is 5. The molecule has 0 aliphatic heterocycles. The molecule has 0 aromatic carbocycles. The fourth-order valence-electron chi connectivity index (χ4n) is 2.21. The summed E-state index contributed by atoms with van der Waals surface area (Å²) in [6.07, 6.45) is 3.28. The van der Waals surface area contributed by atoms with Gasteiger partial charge in [-0.25, -0.2) is 0 Å². The van der Waals surface area contributed by atoms with Crippen molar-refractivity contribution in [3.63, 3.8) is 0 Å². The van der Waals surface area contributed by atoms with Crippen LogP contribution in [0, 0.1) is 5.92 Å². The summed E-state index contributed by atoms with van der Waals surface area (Å²) >= 11 is 0. The first-order chi connectivity index (χ1) is 9.74. The lowest BCUT2D eigenvalue weighted by Crippen LogP contribution is -2.27. The van der Waals surface area contributed by atoms with Crippen LogP contribution in [0.4, 0.5) is 0 Å². The van der Waals surface area contributed by atoms with Crippen LogP contribution < -0.4 is 0 Å². The number of rotatable bonds is 11. The third-order valence-electron chi connectivity index (χ3n) is 3.41. The predicted octanol–water partition coefficient (Wildman–Crippen LogP) is 1.33. The topological polar surface area (TPSA) is 74.2 Å². The lowest BCUT2D eigenvalue weighted by Gasteiger charge is -2.26. The second-order valence-corrected chi connectivity index (χ2v) is 4.90. The van der Waals surface area contributed by atoms with Crippen LogP contribution in [-0.2, 0) is 23.7 Å². The van der Waals surface area contributed by atoms with Crippen LogP contribution in [0.25, 0.3) is 0 Å². The van der Waals surface area contributed by atoms with E-state index in [9.17, 15) is 4.79 Å². The number of hydrogen-bond donors (Lipinski definition) is 1. The van der Waals surface area contributed by atoms with E-state index in [0.717, 1.165) is 12.8 Å². The monoisotopic (exact) mass is 290 g/mol. The van der Waals surface area contributed by atoms with Gasteiger partial charge in [-0.3, -0.25) is 4.79 Å². The minimum absolute atomic E-state index is 0.185. The van der Waals surface area contributed by atoms with Crippen LogP contribution in [0.3, 0.4) is 0 Å². The molecule has 0 heterocycles. The van der Waals surface area contributed by atoms with Gasteiger partial charge in [-0.15, -0.1) is 0 Å². The highest BCUT2D eigenvalue weighted by atomic mass is 16.6. The van der Waals surface area contributed by atoms with Crippen molar-refractivity contribution < 1.29 is 28.8 Å². The lowest BCUT2D eigenvalue weighted by molar-refractivity contribution is -0.143. The number of carboxylic acid groups (broad SMARTS) is 1. The van der Waals surface area contributed by atoms with Gasteiger partial charge in [-0.1, -0.05) is 0 Å². The molecule has 0 saturated heterocycles. The Hall–Kier alpha value is -0.690. The average Bonchev–Trinajstić information content (AvgIpc) is 2.46. The normalized spacial score (nSPS) is 22.9. The molecular weight excluding hydrogens is 264 g/mol. The Labute approximate surface area is 120 Å². The van der Waals surface area contributed by atoms with E-state index in [1.165, 1.54) is 0 Å². The third kappa shape index (κ3) is 7.79. The van der Waals surface area contributed by atoms with Crippen molar-refractivity contribution in [2.45, 2.75) is 31.8 Å². The molecule has 1 saturated carbocycles. The van der Waals surface area contributed by atoms with Crippen LogP contribution in [0.5, 0.6) is 0 Å². The lowest BCUT2D eigenvalue weighted by atomic mass is 9.87. The smallest absolute Gasteiger partial charge is 0.306 e. The highest BCUT2D eigenvalue weighted by Crippen LogP contribution is 2.26. The molecule has 0 bridgehead atoms. The van der Waals surface area contributed by atoms with E-state index in [4.69, 9.17) is 24.1 Å². The molecule has 0 aromatic heterocycles. The van der Waals surface area contributed by atoms with Crippen LogP contribution in [-0.4, -0.2) is 63.9 Å². The van der Waals surface area contributed by atoms with Crippen molar-refractivity contribution in [2.75, 3.05) is 46.8 Å². The quantitative estimate of drug-likeness (QED) is 0.579. The molecule has 118 valence electrons. The molecule has 6 nitrogen and oxygen atoms in total. The summed E-state index contributed by atoms with van der Waals surface area (Å²) in [7, 11) is 1.64. The summed E-state index contributed by atoms with van der Waals surface area (Å²) in [5.74, 6) is -0.865. The molecule has 0 aromatic rings. The van der Waals surface area contributed by atoms with Gasteiger partial charge in [0.2, 0.25) is 0 Å². The van der Waals surface area contributed by atoms with Gasteiger partial charge in [-0.05, 0) is 25.7 Å². The second-order valence-electron chi connectivity index (χ2n) is 4.90. The molecule has 0 unspecified atom stereocenters. The minimum Gasteiger partial charge on any atom is -0.481 e. The van der Waals surface area contributed by atoms with Crippen molar-refractivity contribution in [1.29, 1.82) is 0 Å². The van der Waals surface area contributed by atoms with Crippen molar-refractivity contribution in [1.82, 2.24) is 0 Å². The van der Waals surface area contributed by atoms with Crippen molar-refractivity contribution in [2.24, 2.45) is 5.92 Å². The Balaban J connectivity index is 1.86. The van der Waals surface area contributed by atoms with E-state index in [1.807, 2.05) is 0 Å². The van der Waals surface area contributed by atoms with E-state index in [0.29, 0.717) is 52.5 Å². The van der Waals surface area contributed by atoms with Gasteiger partial charge < -0.3 is 24.1 Å². The van der Waals surface area contributed by atoms with E-state index in [-0.39, 0.29) is 12.0 Å². The van der Waals surface area contributed by atoms with Crippen molar-refractivity contribution in [3.05, 3.63) is 0 Å². The van der Waals surface area contributed by atoms with E-state index >= 15 is 0 Å². The predicted molar refractivity (Wildman–Crippen MR) is 72.8 cm³/mol. The molecule has 6 heteroatoms. The Bertz CT molecular complexity index is 250. The average molecular weight is 290 g/mol. The van der Waals surface area contributed by atoms with Gasteiger partial charge in [-0.2, -0.15) is 0 Å². The summed E-state index contributed by atoms with van der Waals surface area (Å²) in [6.45, 7) is 3.41. The fraction of sp³-hybridized carbons (Fsp3) is 0.929. The zero-order valence-electron chi connectivity index (χ0n) is 12.2. The molecule has 1 aliphatic rings.